The molecule has 1 aliphatic rings. The van der Waals surface area contributed by atoms with Crippen molar-refractivity contribution in [2.24, 2.45) is 5.92 Å². The Kier molecular flexibility index (Phi) is 4.70. The van der Waals surface area contributed by atoms with Crippen molar-refractivity contribution in [2.45, 2.75) is 18.8 Å². The van der Waals surface area contributed by atoms with E-state index in [0.717, 1.165) is 0 Å². The average Bonchev–Trinajstić information content (AvgIpc) is 2.37. The van der Waals surface area contributed by atoms with Gasteiger partial charge in [-0.2, -0.15) is 0 Å². The second-order valence-corrected chi connectivity index (χ2v) is 5.33. The molecule has 1 fully saturated rings. The van der Waals surface area contributed by atoms with Gasteiger partial charge in [0.2, 0.25) is 0 Å². The number of hydrogen-bond donors (Lipinski definition) is 0. The van der Waals surface area contributed by atoms with Crippen molar-refractivity contribution in [1.82, 2.24) is 0 Å². The monoisotopic (exact) mass is 324 g/mol. The van der Waals surface area contributed by atoms with E-state index in [1.165, 1.54) is 0 Å². The number of carbonyl (C=O) groups excluding carboxylic acids is 1. The Morgan fingerprint density at radius 3 is 2.50 bits per heavy atom. The van der Waals surface area contributed by atoms with Crippen LogP contribution in [-0.4, -0.2) is 25.1 Å². The third-order valence-corrected chi connectivity index (χ3v) is 3.72. The molecule has 0 amide bonds. The third-order valence-electron chi connectivity index (χ3n) is 3.12. The first-order valence-electron chi connectivity index (χ1n) is 6.00. The summed E-state index contributed by atoms with van der Waals surface area (Å²) in [6.45, 7) is -0.729. The minimum absolute atomic E-state index is 0.152. The van der Waals surface area contributed by atoms with Crippen LogP contribution in [0.15, 0.2) is 18.2 Å². The number of rotatable bonds is 5. The smallest absolute Gasteiger partial charge is 0.344 e. The van der Waals surface area contributed by atoms with E-state index in [4.69, 9.17) is 32.7 Å². The molecule has 1 atom stereocenters. The third kappa shape index (κ3) is 3.52. The Labute approximate surface area is 124 Å². The molecule has 0 N–H and O–H groups in total. The van der Waals surface area contributed by atoms with Gasteiger partial charge in [-0.1, -0.05) is 29.3 Å². The van der Waals surface area contributed by atoms with E-state index in [1.54, 1.807) is 18.2 Å². The van der Waals surface area contributed by atoms with Crippen molar-refractivity contribution < 1.29 is 23.0 Å². The lowest BCUT2D eigenvalue weighted by atomic mass is 9.81. The van der Waals surface area contributed by atoms with Gasteiger partial charge in [0.15, 0.2) is 12.4 Å². The molecular weight excluding hydrogens is 313 g/mol. The molecule has 110 valence electrons. The highest BCUT2D eigenvalue weighted by Crippen LogP contribution is 2.43. The van der Waals surface area contributed by atoms with Gasteiger partial charge in [0.1, 0.15) is 0 Å². The molecule has 1 aromatic rings. The van der Waals surface area contributed by atoms with Crippen molar-refractivity contribution in [3.8, 4) is 5.75 Å². The fraction of sp³-hybridized carbons (Fsp3) is 0.462. The summed E-state index contributed by atoms with van der Waals surface area (Å²) < 4.78 is 35.8. The Morgan fingerprint density at radius 1 is 1.35 bits per heavy atom. The van der Waals surface area contributed by atoms with Gasteiger partial charge < -0.3 is 9.47 Å². The van der Waals surface area contributed by atoms with Gasteiger partial charge in [0, 0.05) is 6.42 Å². The highest BCUT2D eigenvalue weighted by molar-refractivity contribution is 6.37. The van der Waals surface area contributed by atoms with Crippen LogP contribution < -0.4 is 4.74 Å². The van der Waals surface area contributed by atoms with E-state index in [0.29, 0.717) is 6.42 Å². The number of hydrogen-bond acceptors (Lipinski definition) is 3. The van der Waals surface area contributed by atoms with E-state index in [2.05, 4.69) is 0 Å². The number of para-hydroxylation sites is 1. The lowest BCUT2D eigenvalue weighted by molar-refractivity contribution is -0.170. The van der Waals surface area contributed by atoms with E-state index in [-0.39, 0.29) is 28.8 Å². The summed E-state index contributed by atoms with van der Waals surface area (Å²) in [6.07, 6.45) is 0.207. The van der Waals surface area contributed by atoms with Crippen molar-refractivity contribution in [3.05, 3.63) is 28.2 Å². The molecule has 1 aliphatic carbocycles. The molecule has 0 saturated heterocycles. The van der Waals surface area contributed by atoms with Gasteiger partial charge in [0.25, 0.3) is 5.92 Å². The minimum atomic E-state index is -2.73. The second-order valence-electron chi connectivity index (χ2n) is 4.52. The Bertz CT molecular complexity index is 488. The Morgan fingerprint density at radius 2 is 2.00 bits per heavy atom. The fourth-order valence-electron chi connectivity index (χ4n) is 1.76. The number of halogens is 4. The molecule has 3 nitrogen and oxygen atoms in total. The molecule has 2 rings (SSSR count). The highest BCUT2D eigenvalue weighted by Gasteiger charge is 2.48. The van der Waals surface area contributed by atoms with E-state index in [1.807, 2.05) is 0 Å². The first-order valence-corrected chi connectivity index (χ1v) is 6.76. The summed E-state index contributed by atoms with van der Waals surface area (Å²) in [7, 11) is 0. The molecule has 20 heavy (non-hydrogen) atoms. The lowest BCUT2D eigenvalue weighted by Crippen LogP contribution is -2.42. The van der Waals surface area contributed by atoms with Crippen molar-refractivity contribution in [3.63, 3.8) is 0 Å². The predicted octanol–water partition coefficient (Wildman–Crippen LogP) is 3.96. The molecular formula is C13H12Cl2F2O3. The summed E-state index contributed by atoms with van der Waals surface area (Å²) in [5.41, 5.74) is 0. The van der Waals surface area contributed by atoms with Crippen molar-refractivity contribution >= 4 is 29.2 Å². The molecule has 0 spiro atoms. The Hall–Kier alpha value is -1.07. The van der Waals surface area contributed by atoms with Crippen LogP contribution in [-0.2, 0) is 9.53 Å². The Balaban J connectivity index is 1.78. The number of alkyl halides is 2. The highest BCUT2D eigenvalue weighted by atomic mass is 35.5. The number of carbonyl (C=O) groups is 1. The summed E-state index contributed by atoms with van der Waals surface area (Å²) in [5, 5.41) is 0.520. The van der Waals surface area contributed by atoms with E-state index >= 15 is 0 Å². The van der Waals surface area contributed by atoms with Crippen LogP contribution in [0.2, 0.25) is 10.0 Å². The van der Waals surface area contributed by atoms with Gasteiger partial charge in [-0.3, -0.25) is 0 Å². The zero-order valence-electron chi connectivity index (χ0n) is 10.4. The summed E-state index contributed by atoms with van der Waals surface area (Å²) in [5.74, 6) is -4.19. The van der Waals surface area contributed by atoms with Crippen LogP contribution in [0, 0.1) is 5.92 Å². The number of benzene rings is 1. The molecule has 0 aromatic heterocycles. The minimum Gasteiger partial charge on any atom is -0.479 e. The van der Waals surface area contributed by atoms with Gasteiger partial charge >= 0.3 is 5.97 Å². The fourth-order valence-corrected chi connectivity index (χ4v) is 2.27. The quantitative estimate of drug-likeness (QED) is 0.769. The van der Waals surface area contributed by atoms with Crippen LogP contribution in [0.3, 0.4) is 0 Å². The molecule has 0 aliphatic heterocycles. The van der Waals surface area contributed by atoms with Gasteiger partial charge in [0.05, 0.1) is 22.6 Å². The zero-order chi connectivity index (χ0) is 14.8. The van der Waals surface area contributed by atoms with Gasteiger partial charge in [-0.05, 0) is 18.6 Å². The zero-order valence-corrected chi connectivity index (χ0v) is 11.9. The normalized spacial score (nSPS) is 20.1. The molecule has 7 heteroatoms. The second kappa shape index (κ2) is 6.14. The van der Waals surface area contributed by atoms with Crippen LogP contribution in [0.4, 0.5) is 8.78 Å². The average molecular weight is 325 g/mol. The molecule has 0 radical (unpaired) electrons. The number of ether oxygens (including phenoxy) is 2. The number of esters is 1. The SMILES string of the molecule is O=C(COc1c(Cl)cccc1Cl)OCC1CCC1(F)F. The van der Waals surface area contributed by atoms with Crippen molar-refractivity contribution in [2.75, 3.05) is 13.2 Å². The largest absolute Gasteiger partial charge is 0.479 e. The molecule has 0 bridgehead atoms. The first kappa shape index (κ1) is 15.3. The van der Waals surface area contributed by atoms with Gasteiger partial charge in [-0.25, -0.2) is 13.6 Å². The molecule has 1 saturated carbocycles. The van der Waals surface area contributed by atoms with E-state index < -0.39 is 24.4 Å². The maximum Gasteiger partial charge on any atom is 0.344 e. The van der Waals surface area contributed by atoms with Crippen LogP contribution in [0.5, 0.6) is 5.75 Å². The summed E-state index contributed by atoms with van der Waals surface area (Å²) >= 11 is 11.7. The van der Waals surface area contributed by atoms with Gasteiger partial charge in [-0.15, -0.1) is 0 Å². The standard InChI is InChI=1S/C13H12Cl2F2O3/c14-9-2-1-3-10(15)12(9)20-7-11(18)19-6-8-4-5-13(8,16)17/h1-3,8H,4-7H2. The molecule has 1 unspecified atom stereocenters. The molecule has 1 aromatic carbocycles. The van der Waals surface area contributed by atoms with Crippen LogP contribution in [0.1, 0.15) is 12.8 Å². The molecule has 0 heterocycles. The first-order chi connectivity index (χ1) is 9.40. The van der Waals surface area contributed by atoms with Crippen molar-refractivity contribution in [1.29, 1.82) is 0 Å². The van der Waals surface area contributed by atoms with E-state index in [9.17, 15) is 13.6 Å². The lowest BCUT2D eigenvalue weighted by Gasteiger charge is -2.35. The van der Waals surface area contributed by atoms with Crippen LogP contribution >= 0.6 is 23.2 Å². The summed E-state index contributed by atoms with van der Waals surface area (Å²) in [6, 6.07) is 4.75. The maximum atomic E-state index is 13.0. The topological polar surface area (TPSA) is 35.5 Å². The van der Waals surface area contributed by atoms with Crippen LogP contribution in [0.25, 0.3) is 0 Å². The summed E-state index contributed by atoms with van der Waals surface area (Å²) in [4.78, 5) is 11.4. The maximum absolute atomic E-state index is 13.0. The predicted molar refractivity (Wildman–Crippen MR) is 70.6 cm³/mol.